The van der Waals surface area contributed by atoms with Crippen LogP contribution in [-0.4, -0.2) is 19.6 Å². The lowest BCUT2D eigenvalue weighted by atomic mass is 10.2. The zero-order chi connectivity index (χ0) is 10.1. The Bertz CT molecular complexity index is 393. The molecule has 0 bridgehead atoms. The number of amides is 1. The topological polar surface area (TPSA) is 50.4 Å². The number of hydrogen-bond acceptors (Lipinski definition) is 3. The van der Waals surface area contributed by atoms with Gasteiger partial charge in [-0.05, 0) is 6.07 Å². The van der Waals surface area contributed by atoms with Gasteiger partial charge in [-0.2, -0.15) is 0 Å². The SMILES string of the molecule is CNc1cc2c(cc1Cl)NC(=O)CO2. The summed E-state index contributed by atoms with van der Waals surface area (Å²) in [6.07, 6.45) is 0. The van der Waals surface area contributed by atoms with E-state index in [-0.39, 0.29) is 12.5 Å². The summed E-state index contributed by atoms with van der Waals surface area (Å²) in [5.41, 5.74) is 1.40. The van der Waals surface area contributed by atoms with Crippen molar-refractivity contribution < 1.29 is 9.53 Å². The van der Waals surface area contributed by atoms with E-state index in [4.69, 9.17) is 16.3 Å². The maximum Gasteiger partial charge on any atom is 0.262 e. The Morgan fingerprint density at radius 3 is 3.07 bits per heavy atom. The lowest BCUT2D eigenvalue weighted by Gasteiger charge is -2.19. The molecule has 1 aliphatic heterocycles. The second kappa shape index (κ2) is 3.38. The highest BCUT2D eigenvalue weighted by atomic mass is 35.5. The number of carbonyl (C=O) groups excluding carboxylic acids is 1. The molecule has 0 unspecified atom stereocenters. The fourth-order valence-electron chi connectivity index (χ4n) is 1.29. The molecule has 1 aromatic rings. The number of hydrogen-bond donors (Lipinski definition) is 2. The molecule has 0 spiro atoms. The number of benzene rings is 1. The zero-order valence-corrected chi connectivity index (χ0v) is 8.31. The molecule has 0 saturated heterocycles. The molecule has 5 heteroatoms. The van der Waals surface area contributed by atoms with Gasteiger partial charge in [-0.1, -0.05) is 11.6 Å². The third-order valence-electron chi connectivity index (χ3n) is 1.97. The first-order valence-corrected chi connectivity index (χ1v) is 4.52. The molecule has 1 amide bonds. The molecule has 14 heavy (non-hydrogen) atoms. The Morgan fingerprint density at radius 2 is 2.36 bits per heavy atom. The molecule has 2 N–H and O–H groups in total. The van der Waals surface area contributed by atoms with Crippen LogP contribution < -0.4 is 15.4 Å². The van der Waals surface area contributed by atoms with Gasteiger partial charge in [0.15, 0.2) is 6.61 Å². The van der Waals surface area contributed by atoms with Crippen LogP contribution in [0.3, 0.4) is 0 Å². The van der Waals surface area contributed by atoms with E-state index in [0.29, 0.717) is 16.5 Å². The second-order valence-corrected chi connectivity index (χ2v) is 3.32. The van der Waals surface area contributed by atoms with Gasteiger partial charge in [0.25, 0.3) is 5.91 Å². The summed E-state index contributed by atoms with van der Waals surface area (Å²) < 4.78 is 5.22. The first kappa shape index (κ1) is 9.15. The minimum absolute atomic E-state index is 0.0534. The van der Waals surface area contributed by atoms with Crippen LogP contribution >= 0.6 is 11.6 Å². The van der Waals surface area contributed by atoms with Gasteiger partial charge in [0.1, 0.15) is 5.75 Å². The standard InChI is InChI=1S/C9H9ClN2O2/c1-11-6-3-8-7(2-5(6)10)12-9(13)4-14-8/h2-3,11H,4H2,1H3,(H,12,13). The van der Waals surface area contributed by atoms with Crippen LogP contribution in [0.25, 0.3) is 0 Å². The van der Waals surface area contributed by atoms with Gasteiger partial charge in [-0.25, -0.2) is 0 Å². The summed E-state index contributed by atoms with van der Waals surface area (Å²) in [5, 5.41) is 6.16. The number of carbonyl (C=O) groups is 1. The van der Waals surface area contributed by atoms with Gasteiger partial charge >= 0.3 is 0 Å². The molecule has 0 saturated carbocycles. The maximum absolute atomic E-state index is 11.0. The number of nitrogens with one attached hydrogen (secondary N) is 2. The van der Waals surface area contributed by atoms with Crippen molar-refractivity contribution in [2.75, 3.05) is 24.3 Å². The molecule has 1 heterocycles. The highest BCUT2D eigenvalue weighted by molar-refractivity contribution is 6.33. The number of halogens is 1. The Hall–Kier alpha value is -1.42. The third-order valence-corrected chi connectivity index (χ3v) is 2.28. The number of ether oxygens (including phenoxy) is 1. The van der Waals surface area contributed by atoms with E-state index in [1.54, 1.807) is 19.2 Å². The molecule has 0 aromatic heterocycles. The Kier molecular flexibility index (Phi) is 2.21. The van der Waals surface area contributed by atoms with Crippen LogP contribution in [0.4, 0.5) is 11.4 Å². The van der Waals surface area contributed by atoms with E-state index in [1.165, 1.54) is 0 Å². The molecular weight excluding hydrogens is 204 g/mol. The fraction of sp³-hybridized carbons (Fsp3) is 0.222. The van der Waals surface area contributed by atoms with Crippen LogP contribution in [-0.2, 0) is 4.79 Å². The Morgan fingerprint density at radius 1 is 1.57 bits per heavy atom. The van der Waals surface area contributed by atoms with Crippen LogP contribution in [0.15, 0.2) is 12.1 Å². The monoisotopic (exact) mass is 212 g/mol. The van der Waals surface area contributed by atoms with Crippen molar-refractivity contribution in [3.05, 3.63) is 17.2 Å². The fourth-order valence-corrected chi connectivity index (χ4v) is 1.55. The molecule has 0 aliphatic carbocycles. The summed E-state index contributed by atoms with van der Waals surface area (Å²) in [6, 6.07) is 3.43. The van der Waals surface area contributed by atoms with Crippen molar-refractivity contribution in [3.63, 3.8) is 0 Å². The van der Waals surface area contributed by atoms with E-state index in [2.05, 4.69) is 10.6 Å². The number of anilines is 2. The van der Waals surface area contributed by atoms with Crippen LogP contribution in [0.1, 0.15) is 0 Å². The van der Waals surface area contributed by atoms with Gasteiger partial charge in [-0.15, -0.1) is 0 Å². The van der Waals surface area contributed by atoms with Crippen molar-refractivity contribution >= 4 is 28.9 Å². The zero-order valence-electron chi connectivity index (χ0n) is 7.56. The third kappa shape index (κ3) is 1.48. The van der Waals surface area contributed by atoms with Crippen molar-refractivity contribution in [2.24, 2.45) is 0 Å². The Labute approximate surface area is 86.2 Å². The summed E-state index contributed by atoms with van der Waals surface area (Å²) >= 11 is 5.94. The molecule has 0 atom stereocenters. The first-order valence-electron chi connectivity index (χ1n) is 4.14. The van der Waals surface area contributed by atoms with Crippen LogP contribution in [0.2, 0.25) is 5.02 Å². The summed E-state index contributed by atoms with van der Waals surface area (Å²) in [5.74, 6) is 0.476. The minimum Gasteiger partial charge on any atom is -0.482 e. The largest absolute Gasteiger partial charge is 0.482 e. The molecule has 4 nitrogen and oxygen atoms in total. The number of fused-ring (bicyclic) bond motifs is 1. The van der Waals surface area contributed by atoms with Gasteiger partial charge < -0.3 is 15.4 Å². The second-order valence-electron chi connectivity index (χ2n) is 2.92. The summed E-state index contributed by atoms with van der Waals surface area (Å²) in [6.45, 7) is 0.0534. The number of rotatable bonds is 1. The molecule has 1 aromatic carbocycles. The molecule has 2 rings (SSSR count). The quantitative estimate of drug-likeness (QED) is 0.745. The highest BCUT2D eigenvalue weighted by Gasteiger charge is 2.17. The van der Waals surface area contributed by atoms with E-state index in [0.717, 1.165) is 5.69 Å². The van der Waals surface area contributed by atoms with E-state index < -0.39 is 0 Å². The average Bonchev–Trinajstić information content (AvgIpc) is 2.16. The summed E-state index contributed by atoms with van der Waals surface area (Å²) in [7, 11) is 1.77. The van der Waals surface area contributed by atoms with E-state index in [9.17, 15) is 4.79 Å². The first-order chi connectivity index (χ1) is 6.70. The molecule has 74 valence electrons. The van der Waals surface area contributed by atoms with Crippen molar-refractivity contribution in [1.29, 1.82) is 0 Å². The predicted molar refractivity (Wildman–Crippen MR) is 55.1 cm³/mol. The van der Waals surface area contributed by atoms with E-state index in [1.807, 2.05) is 0 Å². The van der Waals surface area contributed by atoms with Crippen molar-refractivity contribution in [1.82, 2.24) is 0 Å². The summed E-state index contributed by atoms with van der Waals surface area (Å²) in [4.78, 5) is 11.0. The van der Waals surface area contributed by atoms with Crippen LogP contribution in [0, 0.1) is 0 Å². The minimum atomic E-state index is -0.161. The van der Waals surface area contributed by atoms with Gasteiger partial charge in [0.05, 0.1) is 16.4 Å². The lowest BCUT2D eigenvalue weighted by Crippen LogP contribution is -2.25. The van der Waals surface area contributed by atoms with Gasteiger partial charge in [0.2, 0.25) is 0 Å². The maximum atomic E-state index is 11.0. The smallest absolute Gasteiger partial charge is 0.262 e. The average molecular weight is 213 g/mol. The molecule has 1 aliphatic rings. The molecular formula is C9H9ClN2O2. The van der Waals surface area contributed by atoms with Crippen molar-refractivity contribution in [3.8, 4) is 5.75 Å². The van der Waals surface area contributed by atoms with Gasteiger partial charge in [0, 0.05) is 13.1 Å². The van der Waals surface area contributed by atoms with Gasteiger partial charge in [-0.3, -0.25) is 4.79 Å². The Balaban J connectivity index is 2.45. The highest BCUT2D eigenvalue weighted by Crippen LogP contribution is 2.35. The molecule has 0 fully saturated rings. The normalized spacial score (nSPS) is 14.0. The molecule has 0 radical (unpaired) electrons. The predicted octanol–water partition coefficient (Wildman–Crippen LogP) is 1.71. The van der Waals surface area contributed by atoms with E-state index >= 15 is 0 Å². The van der Waals surface area contributed by atoms with Crippen LogP contribution in [0.5, 0.6) is 5.75 Å². The van der Waals surface area contributed by atoms with Crippen molar-refractivity contribution in [2.45, 2.75) is 0 Å². The lowest BCUT2D eigenvalue weighted by molar-refractivity contribution is -0.118.